The molecule has 1 rings (SSSR count). The van der Waals surface area contributed by atoms with Crippen LogP contribution in [0.2, 0.25) is 5.02 Å². The Labute approximate surface area is 88.0 Å². The fraction of sp³-hybridized carbons (Fsp3) is 0.286. The molecule has 15 heavy (non-hydrogen) atoms. The van der Waals surface area contributed by atoms with E-state index in [9.17, 15) is 13.2 Å². The minimum absolute atomic E-state index is 0.0599. The van der Waals surface area contributed by atoms with Gasteiger partial charge in [0.2, 0.25) is 0 Å². The number of nitrogen functional groups attached to an aromatic ring is 1. The van der Waals surface area contributed by atoms with Crippen LogP contribution in [0.3, 0.4) is 0 Å². The first-order valence-corrected chi connectivity index (χ1v) is 4.12. The number of hydrogen-bond acceptors (Lipinski definition) is 4. The average molecular weight is 242 g/mol. The molecule has 84 valence electrons. The maximum absolute atomic E-state index is 11.9. The number of rotatable bonds is 2. The van der Waals surface area contributed by atoms with E-state index in [1.165, 1.54) is 0 Å². The highest BCUT2D eigenvalue weighted by atomic mass is 35.5. The van der Waals surface area contributed by atoms with Crippen molar-refractivity contribution in [1.82, 2.24) is 4.98 Å². The van der Waals surface area contributed by atoms with E-state index in [4.69, 9.17) is 23.1 Å². The van der Waals surface area contributed by atoms with Crippen molar-refractivity contribution in [3.8, 4) is 5.75 Å². The predicted octanol–water partition coefficient (Wildman–Crippen LogP) is 1.67. The molecule has 0 aliphatic carbocycles. The van der Waals surface area contributed by atoms with Crippen molar-refractivity contribution in [1.29, 1.82) is 0 Å². The molecular weight excluding hydrogens is 235 g/mol. The van der Waals surface area contributed by atoms with Gasteiger partial charge in [-0.3, -0.25) is 0 Å². The molecule has 1 aromatic heterocycles. The van der Waals surface area contributed by atoms with Crippen molar-refractivity contribution in [2.75, 3.05) is 5.73 Å². The van der Waals surface area contributed by atoms with Crippen molar-refractivity contribution in [3.63, 3.8) is 0 Å². The standard InChI is InChI=1S/C7H7ClF3N3O/c8-5-4(15-7(9,10)11)1-3(2-12)14-6(5)13/h1H,2,12H2,(H2,13,14). The van der Waals surface area contributed by atoms with Gasteiger partial charge >= 0.3 is 6.36 Å². The highest BCUT2D eigenvalue weighted by Crippen LogP contribution is 2.33. The molecule has 0 spiro atoms. The summed E-state index contributed by atoms with van der Waals surface area (Å²) in [6.45, 7) is -0.0599. The van der Waals surface area contributed by atoms with E-state index >= 15 is 0 Å². The summed E-state index contributed by atoms with van der Waals surface area (Å²) in [4.78, 5) is 3.66. The summed E-state index contributed by atoms with van der Waals surface area (Å²) in [5, 5.41) is -0.385. The van der Waals surface area contributed by atoms with E-state index in [1.54, 1.807) is 0 Å². The van der Waals surface area contributed by atoms with Gasteiger partial charge in [0.25, 0.3) is 0 Å². The molecule has 1 aromatic rings. The molecule has 1 heterocycles. The average Bonchev–Trinajstić information content (AvgIpc) is 2.10. The van der Waals surface area contributed by atoms with Gasteiger partial charge in [0, 0.05) is 12.6 Å². The van der Waals surface area contributed by atoms with Crippen LogP contribution in [0.25, 0.3) is 0 Å². The van der Waals surface area contributed by atoms with Gasteiger partial charge in [-0.2, -0.15) is 0 Å². The van der Waals surface area contributed by atoms with Crippen LogP contribution in [-0.4, -0.2) is 11.3 Å². The number of pyridine rings is 1. The lowest BCUT2D eigenvalue weighted by Gasteiger charge is -2.12. The minimum Gasteiger partial charge on any atom is -0.404 e. The molecule has 0 amide bonds. The lowest BCUT2D eigenvalue weighted by Crippen LogP contribution is -2.18. The van der Waals surface area contributed by atoms with Gasteiger partial charge in [-0.25, -0.2) is 4.98 Å². The Morgan fingerprint density at radius 2 is 2.07 bits per heavy atom. The van der Waals surface area contributed by atoms with Gasteiger partial charge in [-0.15, -0.1) is 13.2 Å². The molecule has 4 nitrogen and oxygen atoms in total. The molecule has 0 atom stereocenters. The van der Waals surface area contributed by atoms with Crippen molar-refractivity contribution < 1.29 is 17.9 Å². The fourth-order valence-electron chi connectivity index (χ4n) is 0.880. The van der Waals surface area contributed by atoms with E-state index in [-0.39, 0.29) is 23.1 Å². The summed E-state index contributed by atoms with van der Waals surface area (Å²) in [6.07, 6.45) is -4.83. The summed E-state index contributed by atoms with van der Waals surface area (Å²) in [5.41, 5.74) is 10.6. The van der Waals surface area contributed by atoms with Crippen molar-refractivity contribution in [3.05, 3.63) is 16.8 Å². The molecule has 0 radical (unpaired) electrons. The predicted molar refractivity (Wildman–Crippen MR) is 48.2 cm³/mol. The number of hydrogen-bond donors (Lipinski definition) is 2. The number of ether oxygens (including phenoxy) is 1. The number of alkyl halides is 3. The molecule has 8 heteroatoms. The summed E-state index contributed by atoms with van der Waals surface area (Å²) < 4.78 is 39.4. The zero-order valence-electron chi connectivity index (χ0n) is 7.31. The topological polar surface area (TPSA) is 74.2 Å². The molecule has 4 N–H and O–H groups in total. The van der Waals surface area contributed by atoms with Gasteiger partial charge in [0.05, 0.1) is 5.69 Å². The highest BCUT2D eigenvalue weighted by molar-refractivity contribution is 6.34. The summed E-state index contributed by atoms with van der Waals surface area (Å²) in [7, 11) is 0. The van der Waals surface area contributed by atoms with Gasteiger partial charge in [-0.05, 0) is 0 Å². The Morgan fingerprint density at radius 3 is 2.53 bits per heavy atom. The first-order valence-electron chi connectivity index (χ1n) is 3.74. The van der Waals surface area contributed by atoms with Gasteiger partial charge in [0.15, 0.2) is 5.75 Å². The van der Waals surface area contributed by atoms with Crippen LogP contribution >= 0.6 is 11.6 Å². The van der Waals surface area contributed by atoms with E-state index in [1.807, 2.05) is 0 Å². The smallest absolute Gasteiger partial charge is 0.404 e. The normalized spacial score (nSPS) is 11.5. The summed E-state index contributed by atoms with van der Waals surface area (Å²) in [5.74, 6) is -0.851. The molecule has 0 bridgehead atoms. The second-order valence-corrected chi connectivity index (χ2v) is 2.94. The third-order valence-corrected chi connectivity index (χ3v) is 1.82. The Balaban J connectivity index is 3.11. The lowest BCUT2D eigenvalue weighted by molar-refractivity contribution is -0.274. The zero-order chi connectivity index (χ0) is 11.6. The number of aromatic nitrogens is 1. The maximum atomic E-state index is 11.9. The Kier molecular flexibility index (Phi) is 3.25. The SMILES string of the molecule is NCc1cc(OC(F)(F)F)c(Cl)c(N)n1. The van der Waals surface area contributed by atoms with E-state index < -0.39 is 12.1 Å². The van der Waals surface area contributed by atoms with Gasteiger partial charge < -0.3 is 16.2 Å². The van der Waals surface area contributed by atoms with Crippen LogP contribution in [0.15, 0.2) is 6.07 Å². The largest absolute Gasteiger partial charge is 0.573 e. The first-order chi connectivity index (χ1) is 6.83. The minimum atomic E-state index is -4.83. The van der Waals surface area contributed by atoms with Crippen LogP contribution in [0, 0.1) is 0 Å². The highest BCUT2D eigenvalue weighted by Gasteiger charge is 2.32. The third kappa shape index (κ3) is 3.14. The first kappa shape index (κ1) is 11.9. The number of halogens is 4. The van der Waals surface area contributed by atoms with Gasteiger partial charge in [0.1, 0.15) is 10.8 Å². The molecule has 0 aliphatic heterocycles. The van der Waals surface area contributed by atoms with Crippen LogP contribution in [0.5, 0.6) is 5.75 Å². The Morgan fingerprint density at radius 1 is 1.47 bits per heavy atom. The second-order valence-electron chi connectivity index (χ2n) is 2.56. The molecule has 0 aliphatic rings. The van der Waals surface area contributed by atoms with Gasteiger partial charge in [-0.1, -0.05) is 11.6 Å². The quantitative estimate of drug-likeness (QED) is 0.826. The van der Waals surface area contributed by atoms with Crippen LogP contribution in [0.4, 0.5) is 19.0 Å². The number of anilines is 1. The molecule has 0 saturated heterocycles. The molecule has 0 fully saturated rings. The summed E-state index contributed by atoms with van der Waals surface area (Å²) in [6, 6.07) is 0.992. The number of nitrogens with zero attached hydrogens (tertiary/aromatic N) is 1. The lowest BCUT2D eigenvalue weighted by atomic mass is 10.3. The zero-order valence-corrected chi connectivity index (χ0v) is 8.06. The second kappa shape index (κ2) is 4.11. The molecule has 0 saturated carbocycles. The van der Waals surface area contributed by atoms with Crippen LogP contribution < -0.4 is 16.2 Å². The van der Waals surface area contributed by atoms with Crippen molar-refractivity contribution >= 4 is 17.4 Å². The van der Waals surface area contributed by atoms with E-state index in [0.29, 0.717) is 0 Å². The van der Waals surface area contributed by atoms with Crippen LogP contribution in [-0.2, 0) is 6.54 Å². The number of nitrogens with two attached hydrogens (primary N) is 2. The molecular formula is C7H7ClF3N3O. The third-order valence-electron chi connectivity index (χ3n) is 1.44. The van der Waals surface area contributed by atoms with Crippen molar-refractivity contribution in [2.45, 2.75) is 12.9 Å². The fourth-order valence-corrected chi connectivity index (χ4v) is 1.02. The van der Waals surface area contributed by atoms with E-state index in [2.05, 4.69) is 9.72 Å². The van der Waals surface area contributed by atoms with E-state index in [0.717, 1.165) is 6.07 Å². The Hall–Kier alpha value is -1.21. The van der Waals surface area contributed by atoms with Crippen LogP contribution in [0.1, 0.15) is 5.69 Å². The monoisotopic (exact) mass is 241 g/mol. The molecule has 0 unspecified atom stereocenters. The summed E-state index contributed by atoms with van der Waals surface area (Å²) >= 11 is 5.47. The van der Waals surface area contributed by atoms with Crippen molar-refractivity contribution in [2.24, 2.45) is 5.73 Å². The maximum Gasteiger partial charge on any atom is 0.573 e. The Bertz CT molecular complexity index is 369. The molecule has 0 aromatic carbocycles.